The molecule has 1 fully saturated rings. The van der Waals surface area contributed by atoms with Crippen LogP contribution in [0.15, 0.2) is 66.7 Å². The molecule has 180 valence electrons. The first-order chi connectivity index (χ1) is 17.0. The van der Waals surface area contributed by atoms with Gasteiger partial charge in [0.1, 0.15) is 0 Å². The maximum atomic E-state index is 13.0. The average Bonchev–Trinajstić information content (AvgIpc) is 3.56. The van der Waals surface area contributed by atoms with Gasteiger partial charge < -0.3 is 20.4 Å². The molecule has 1 saturated heterocycles. The van der Waals surface area contributed by atoms with Gasteiger partial charge in [0.25, 0.3) is 11.8 Å². The number of amides is 2. The summed E-state index contributed by atoms with van der Waals surface area (Å²) in [7, 11) is 0. The molecule has 0 spiro atoms. The van der Waals surface area contributed by atoms with Crippen LogP contribution in [0.1, 0.15) is 45.3 Å². The Balaban J connectivity index is 1.33. The van der Waals surface area contributed by atoms with Gasteiger partial charge in [0.05, 0.1) is 24.2 Å². The molecule has 0 radical (unpaired) electrons. The SMILES string of the molecule is N#Cc1cccc(C2CCCN2C(=O)[C@H](O)[C@@H](O)C(=O)NCc2ccc(Cc3ccccc3)s2)c1. The van der Waals surface area contributed by atoms with Gasteiger partial charge in [-0.15, -0.1) is 11.3 Å². The summed E-state index contributed by atoms with van der Waals surface area (Å²) in [4.78, 5) is 29.0. The second kappa shape index (κ2) is 11.3. The van der Waals surface area contributed by atoms with Crippen molar-refractivity contribution in [3.05, 3.63) is 93.2 Å². The summed E-state index contributed by atoms with van der Waals surface area (Å²) in [5.41, 5.74) is 2.48. The summed E-state index contributed by atoms with van der Waals surface area (Å²) in [6.45, 7) is 0.606. The number of benzene rings is 2. The molecule has 35 heavy (non-hydrogen) atoms. The van der Waals surface area contributed by atoms with Crippen LogP contribution in [0.25, 0.3) is 0 Å². The van der Waals surface area contributed by atoms with Crippen molar-refractivity contribution in [3.63, 3.8) is 0 Å². The number of hydrogen-bond donors (Lipinski definition) is 3. The third-order valence-electron chi connectivity index (χ3n) is 6.13. The number of rotatable bonds is 8. The molecule has 2 amide bonds. The molecule has 1 aliphatic rings. The van der Waals surface area contributed by atoms with Gasteiger partial charge >= 0.3 is 0 Å². The van der Waals surface area contributed by atoms with Crippen LogP contribution < -0.4 is 5.32 Å². The Bertz CT molecular complexity index is 1220. The van der Waals surface area contributed by atoms with Crippen LogP contribution in [0.3, 0.4) is 0 Å². The van der Waals surface area contributed by atoms with E-state index in [0.29, 0.717) is 18.5 Å². The number of carbonyl (C=O) groups is 2. The van der Waals surface area contributed by atoms with E-state index in [-0.39, 0.29) is 12.6 Å². The van der Waals surface area contributed by atoms with Crippen molar-refractivity contribution in [1.82, 2.24) is 10.2 Å². The molecule has 3 N–H and O–H groups in total. The lowest BCUT2D eigenvalue weighted by molar-refractivity contribution is -0.153. The standard InChI is InChI=1S/C27H27N3O4S/c28-16-19-8-4-9-20(14-19)23-10-5-13-30(23)27(34)25(32)24(31)26(33)29-17-22-12-11-21(35-22)15-18-6-2-1-3-7-18/h1-4,6-9,11-12,14,23-25,31-32H,5,10,13,15,17H2,(H,29,33)/t23?,24-,25-/m1/s1. The van der Waals surface area contributed by atoms with E-state index in [4.69, 9.17) is 5.26 Å². The van der Waals surface area contributed by atoms with Crippen molar-refractivity contribution in [2.75, 3.05) is 6.54 Å². The smallest absolute Gasteiger partial charge is 0.255 e. The van der Waals surface area contributed by atoms with E-state index in [0.717, 1.165) is 28.2 Å². The third kappa shape index (κ3) is 5.95. The Morgan fingerprint density at radius 3 is 2.60 bits per heavy atom. The van der Waals surface area contributed by atoms with Crippen molar-refractivity contribution >= 4 is 23.2 Å². The quantitative estimate of drug-likeness (QED) is 0.450. The van der Waals surface area contributed by atoms with Crippen LogP contribution in [-0.2, 0) is 22.6 Å². The minimum Gasteiger partial charge on any atom is -0.380 e. The van der Waals surface area contributed by atoms with E-state index >= 15 is 0 Å². The lowest BCUT2D eigenvalue weighted by atomic mass is 10.0. The van der Waals surface area contributed by atoms with Gasteiger partial charge in [-0.1, -0.05) is 42.5 Å². The third-order valence-corrected chi connectivity index (χ3v) is 7.22. The Morgan fingerprint density at radius 1 is 1.06 bits per heavy atom. The van der Waals surface area contributed by atoms with Crippen LogP contribution in [0.2, 0.25) is 0 Å². The van der Waals surface area contributed by atoms with Gasteiger partial charge in [-0.3, -0.25) is 9.59 Å². The van der Waals surface area contributed by atoms with Crippen molar-refractivity contribution in [1.29, 1.82) is 5.26 Å². The van der Waals surface area contributed by atoms with Gasteiger partial charge in [-0.25, -0.2) is 0 Å². The van der Waals surface area contributed by atoms with Crippen molar-refractivity contribution < 1.29 is 19.8 Å². The Hall–Kier alpha value is -3.51. The number of nitrogens with one attached hydrogen (secondary N) is 1. The molecule has 1 aromatic heterocycles. The summed E-state index contributed by atoms with van der Waals surface area (Å²) < 4.78 is 0. The lowest BCUT2D eigenvalue weighted by Crippen LogP contribution is -2.50. The van der Waals surface area contributed by atoms with Crippen LogP contribution in [0.4, 0.5) is 0 Å². The van der Waals surface area contributed by atoms with E-state index in [1.807, 2.05) is 36.4 Å². The van der Waals surface area contributed by atoms with E-state index < -0.39 is 24.0 Å². The van der Waals surface area contributed by atoms with Crippen LogP contribution in [-0.4, -0.2) is 45.7 Å². The second-order valence-corrected chi connectivity index (χ2v) is 9.82. The van der Waals surface area contributed by atoms with E-state index in [9.17, 15) is 19.8 Å². The van der Waals surface area contributed by atoms with Gasteiger partial charge in [-0.05, 0) is 48.2 Å². The van der Waals surface area contributed by atoms with Gasteiger partial charge in [0.2, 0.25) is 0 Å². The average molecular weight is 490 g/mol. The van der Waals surface area contributed by atoms with Crippen LogP contribution in [0.5, 0.6) is 0 Å². The highest BCUT2D eigenvalue weighted by Crippen LogP contribution is 2.33. The highest BCUT2D eigenvalue weighted by atomic mass is 32.1. The van der Waals surface area contributed by atoms with Crippen molar-refractivity contribution in [3.8, 4) is 6.07 Å². The molecule has 7 nitrogen and oxygen atoms in total. The molecule has 3 aromatic rings. The molecule has 1 unspecified atom stereocenters. The summed E-state index contributed by atoms with van der Waals surface area (Å²) in [6, 6.07) is 22.8. The molecule has 0 saturated carbocycles. The largest absolute Gasteiger partial charge is 0.380 e. The minimum atomic E-state index is -1.88. The highest BCUT2D eigenvalue weighted by molar-refractivity contribution is 7.12. The number of carbonyl (C=O) groups excluding carboxylic acids is 2. The maximum Gasteiger partial charge on any atom is 0.255 e. The summed E-state index contributed by atoms with van der Waals surface area (Å²) in [5.74, 6) is -1.50. The second-order valence-electron chi connectivity index (χ2n) is 8.56. The summed E-state index contributed by atoms with van der Waals surface area (Å²) in [6.07, 6.45) is -1.54. The molecular weight excluding hydrogens is 462 g/mol. The van der Waals surface area contributed by atoms with Crippen LogP contribution >= 0.6 is 11.3 Å². The lowest BCUT2D eigenvalue weighted by Gasteiger charge is -2.28. The van der Waals surface area contributed by atoms with Crippen molar-refractivity contribution in [2.45, 2.75) is 44.1 Å². The topological polar surface area (TPSA) is 114 Å². The zero-order valence-corrected chi connectivity index (χ0v) is 19.9. The van der Waals surface area contributed by atoms with Crippen molar-refractivity contribution in [2.24, 2.45) is 0 Å². The van der Waals surface area contributed by atoms with Gasteiger partial charge in [-0.2, -0.15) is 5.26 Å². The first-order valence-corrected chi connectivity index (χ1v) is 12.3. The minimum absolute atomic E-state index is 0.198. The first kappa shape index (κ1) is 24.6. The molecule has 2 aromatic carbocycles. The van der Waals surface area contributed by atoms with Crippen LogP contribution in [0, 0.1) is 11.3 Å². The number of nitrogens with zero attached hydrogens (tertiary/aromatic N) is 2. The van der Waals surface area contributed by atoms with E-state index in [1.165, 1.54) is 10.5 Å². The molecule has 1 aliphatic heterocycles. The number of aliphatic hydroxyl groups excluding tert-OH is 2. The molecule has 0 bridgehead atoms. The zero-order valence-electron chi connectivity index (χ0n) is 19.1. The monoisotopic (exact) mass is 489 g/mol. The zero-order chi connectivity index (χ0) is 24.8. The fourth-order valence-electron chi connectivity index (χ4n) is 4.33. The molecule has 2 heterocycles. The Morgan fingerprint density at radius 2 is 1.83 bits per heavy atom. The number of thiophene rings is 1. The Kier molecular flexibility index (Phi) is 7.93. The maximum absolute atomic E-state index is 13.0. The predicted molar refractivity (Wildman–Crippen MR) is 132 cm³/mol. The number of likely N-dealkylation sites (tertiary alicyclic amines) is 1. The fourth-order valence-corrected chi connectivity index (χ4v) is 5.32. The van der Waals surface area contributed by atoms with E-state index in [1.54, 1.807) is 29.5 Å². The summed E-state index contributed by atoms with van der Waals surface area (Å²) in [5, 5.41) is 32.7. The summed E-state index contributed by atoms with van der Waals surface area (Å²) >= 11 is 1.56. The molecule has 3 atom stereocenters. The molecule has 4 rings (SSSR count). The fraction of sp³-hybridized carbons (Fsp3) is 0.296. The highest BCUT2D eigenvalue weighted by Gasteiger charge is 2.38. The van der Waals surface area contributed by atoms with E-state index in [2.05, 4.69) is 23.5 Å². The van der Waals surface area contributed by atoms with Gasteiger partial charge in [0.15, 0.2) is 12.2 Å². The number of hydrogen-bond acceptors (Lipinski definition) is 6. The number of nitriles is 1. The number of aliphatic hydroxyl groups is 2. The Labute approximate surface area is 208 Å². The normalized spacial score (nSPS) is 16.9. The predicted octanol–water partition coefficient (Wildman–Crippen LogP) is 2.91. The molecule has 0 aliphatic carbocycles. The molecule has 8 heteroatoms. The first-order valence-electron chi connectivity index (χ1n) is 11.5. The van der Waals surface area contributed by atoms with Gasteiger partial charge in [0, 0.05) is 22.7 Å². The molecular formula is C27H27N3O4S.